The van der Waals surface area contributed by atoms with Crippen LogP contribution in [0, 0.1) is 0 Å². The lowest BCUT2D eigenvalue weighted by Crippen LogP contribution is -2.19. The fourth-order valence-electron chi connectivity index (χ4n) is 1.61. The van der Waals surface area contributed by atoms with Gasteiger partial charge >= 0.3 is 0 Å². The smallest absolute Gasteiger partial charge is 0.142 e. The van der Waals surface area contributed by atoms with Crippen molar-refractivity contribution < 1.29 is 6.16 Å². The summed E-state index contributed by atoms with van der Waals surface area (Å²) in [5.74, 6) is 0.976. The van der Waals surface area contributed by atoms with Crippen LogP contribution in [0.3, 0.4) is 0 Å². The quantitative estimate of drug-likeness (QED) is 0.683. The monoisotopic (exact) mass is 193 g/mol. The molecule has 2 heteroatoms. The Morgan fingerprint density at radius 2 is 2.14 bits per heavy atom. The number of ether oxygens (including phenoxy) is 1. The molecule has 1 aromatic carbocycles. The first-order chi connectivity index (χ1) is 6.57. The molecular formula is C12H19NO. The maximum absolute atomic E-state index is 5.53. The van der Waals surface area contributed by atoms with Gasteiger partial charge in [-0.05, 0) is 23.1 Å². The van der Waals surface area contributed by atoms with Crippen LogP contribution in [-0.2, 0) is 5.41 Å². The lowest BCUT2D eigenvalue weighted by atomic mass is 9.86. The van der Waals surface area contributed by atoms with Gasteiger partial charge in [0, 0.05) is 7.97 Å². The molecule has 1 N–H and O–H groups in total. The van der Waals surface area contributed by atoms with E-state index in [9.17, 15) is 0 Å². The molecule has 0 radical (unpaired) electrons. The molecule has 0 unspecified atom stereocenters. The number of benzene rings is 1. The maximum atomic E-state index is 5.53. The Balaban J connectivity index is 0.00000112. The van der Waals surface area contributed by atoms with Crippen LogP contribution in [0.4, 0.5) is 5.69 Å². The second-order valence-electron chi connectivity index (χ2n) is 4.74. The molecule has 0 saturated carbocycles. The SMILES string of the molecule is CC(C)(C)c1ccc2c(c1)NCCO2.[HH]. The molecule has 1 heterocycles. The van der Waals surface area contributed by atoms with Crippen LogP contribution in [0.15, 0.2) is 18.2 Å². The van der Waals surface area contributed by atoms with Gasteiger partial charge in [-0.15, -0.1) is 0 Å². The highest BCUT2D eigenvalue weighted by molar-refractivity contribution is 5.60. The average molecular weight is 193 g/mol. The van der Waals surface area contributed by atoms with Gasteiger partial charge < -0.3 is 10.1 Å². The van der Waals surface area contributed by atoms with Gasteiger partial charge in [0.15, 0.2) is 0 Å². The van der Waals surface area contributed by atoms with E-state index in [1.807, 2.05) is 0 Å². The number of rotatable bonds is 0. The zero-order valence-corrected chi connectivity index (χ0v) is 9.05. The zero-order valence-electron chi connectivity index (χ0n) is 9.05. The van der Waals surface area contributed by atoms with Gasteiger partial charge in [0.1, 0.15) is 12.4 Å². The summed E-state index contributed by atoms with van der Waals surface area (Å²) in [5.41, 5.74) is 2.67. The summed E-state index contributed by atoms with van der Waals surface area (Å²) in [7, 11) is 0. The van der Waals surface area contributed by atoms with Crippen molar-refractivity contribution in [2.24, 2.45) is 0 Å². The van der Waals surface area contributed by atoms with Gasteiger partial charge in [-0.2, -0.15) is 0 Å². The molecule has 1 aliphatic rings. The first-order valence-corrected chi connectivity index (χ1v) is 5.08. The van der Waals surface area contributed by atoms with E-state index < -0.39 is 0 Å². The molecule has 14 heavy (non-hydrogen) atoms. The minimum atomic E-state index is 0. The number of hydrogen-bond donors (Lipinski definition) is 1. The Hall–Kier alpha value is -1.18. The van der Waals surface area contributed by atoms with Crippen LogP contribution < -0.4 is 10.1 Å². The summed E-state index contributed by atoms with van der Waals surface area (Å²) in [5, 5.41) is 3.35. The van der Waals surface area contributed by atoms with Crippen molar-refractivity contribution in [3.05, 3.63) is 23.8 Å². The highest BCUT2D eigenvalue weighted by atomic mass is 16.5. The van der Waals surface area contributed by atoms with E-state index in [2.05, 4.69) is 44.3 Å². The van der Waals surface area contributed by atoms with Crippen LogP contribution in [0.5, 0.6) is 5.75 Å². The summed E-state index contributed by atoms with van der Waals surface area (Å²) < 4.78 is 5.53. The molecule has 2 nitrogen and oxygen atoms in total. The molecule has 0 fully saturated rings. The third-order valence-corrected chi connectivity index (χ3v) is 2.52. The number of hydrogen-bond acceptors (Lipinski definition) is 2. The molecule has 2 rings (SSSR count). The second-order valence-corrected chi connectivity index (χ2v) is 4.74. The summed E-state index contributed by atoms with van der Waals surface area (Å²) in [6, 6.07) is 6.39. The predicted octanol–water partition coefficient (Wildman–Crippen LogP) is 3.03. The molecule has 0 saturated heterocycles. The first kappa shape index (κ1) is 9.38. The van der Waals surface area contributed by atoms with Gasteiger partial charge in [0.2, 0.25) is 0 Å². The van der Waals surface area contributed by atoms with Gasteiger partial charge in [0.05, 0.1) is 5.69 Å². The first-order valence-electron chi connectivity index (χ1n) is 5.08. The maximum Gasteiger partial charge on any atom is 0.142 e. The minimum Gasteiger partial charge on any atom is -0.490 e. The molecule has 0 aromatic heterocycles. The normalized spacial score (nSPS) is 15.4. The van der Waals surface area contributed by atoms with Crippen LogP contribution in [0.1, 0.15) is 27.8 Å². The molecule has 0 spiro atoms. The van der Waals surface area contributed by atoms with Gasteiger partial charge in [-0.3, -0.25) is 0 Å². The third kappa shape index (κ3) is 1.69. The van der Waals surface area contributed by atoms with Crippen LogP contribution in [0.25, 0.3) is 0 Å². The van der Waals surface area contributed by atoms with E-state index in [0.29, 0.717) is 0 Å². The van der Waals surface area contributed by atoms with Crippen LogP contribution in [-0.4, -0.2) is 13.2 Å². The summed E-state index contributed by atoms with van der Waals surface area (Å²) in [6.07, 6.45) is 0. The lowest BCUT2D eigenvalue weighted by molar-refractivity contribution is 0.323. The molecule has 1 aliphatic heterocycles. The van der Waals surface area contributed by atoms with Crippen LogP contribution in [0.2, 0.25) is 0 Å². The standard InChI is InChI=1S/C12H17NO.H2/c1-12(2,3)9-4-5-11-10(8-9)13-6-7-14-11;/h4-5,8,13H,6-7H2,1-3H3;1H. The Bertz CT molecular complexity index is 344. The Morgan fingerprint density at radius 3 is 2.86 bits per heavy atom. The lowest BCUT2D eigenvalue weighted by Gasteiger charge is -2.24. The van der Waals surface area contributed by atoms with E-state index in [4.69, 9.17) is 4.74 Å². The third-order valence-electron chi connectivity index (χ3n) is 2.52. The molecule has 0 aliphatic carbocycles. The van der Waals surface area contributed by atoms with Crippen molar-refractivity contribution in [2.75, 3.05) is 18.5 Å². The molecule has 1 aromatic rings. The molecule has 0 amide bonds. The summed E-state index contributed by atoms with van der Waals surface area (Å²) in [4.78, 5) is 0. The fourth-order valence-corrected chi connectivity index (χ4v) is 1.61. The van der Waals surface area contributed by atoms with Gasteiger partial charge in [0.25, 0.3) is 0 Å². The van der Waals surface area contributed by atoms with E-state index in [1.54, 1.807) is 0 Å². The second kappa shape index (κ2) is 3.19. The summed E-state index contributed by atoms with van der Waals surface area (Å²) in [6.45, 7) is 8.33. The Kier molecular flexibility index (Phi) is 2.14. The topological polar surface area (TPSA) is 21.3 Å². The minimum absolute atomic E-state index is 0. The largest absolute Gasteiger partial charge is 0.490 e. The fraction of sp³-hybridized carbons (Fsp3) is 0.500. The van der Waals surface area contributed by atoms with Gasteiger partial charge in [-0.25, -0.2) is 0 Å². The molecule has 78 valence electrons. The van der Waals surface area contributed by atoms with E-state index >= 15 is 0 Å². The highest BCUT2D eigenvalue weighted by Gasteiger charge is 2.17. The average Bonchev–Trinajstić information content (AvgIpc) is 2.16. The molecule has 0 bridgehead atoms. The van der Waals surface area contributed by atoms with Gasteiger partial charge in [-0.1, -0.05) is 26.8 Å². The van der Waals surface area contributed by atoms with Crippen LogP contribution >= 0.6 is 0 Å². The number of anilines is 1. The predicted molar refractivity (Wildman–Crippen MR) is 61.2 cm³/mol. The molecular weight excluding hydrogens is 174 g/mol. The number of fused-ring (bicyclic) bond motifs is 1. The van der Waals surface area contributed by atoms with Crippen molar-refractivity contribution in [1.82, 2.24) is 0 Å². The van der Waals surface area contributed by atoms with E-state index in [-0.39, 0.29) is 6.84 Å². The summed E-state index contributed by atoms with van der Waals surface area (Å²) >= 11 is 0. The van der Waals surface area contributed by atoms with Crippen molar-refractivity contribution in [1.29, 1.82) is 0 Å². The van der Waals surface area contributed by atoms with Crippen molar-refractivity contribution >= 4 is 5.69 Å². The highest BCUT2D eigenvalue weighted by Crippen LogP contribution is 2.32. The Morgan fingerprint density at radius 1 is 1.36 bits per heavy atom. The van der Waals surface area contributed by atoms with E-state index in [1.165, 1.54) is 5.56 Å². The van der Waals surface area contributed by atoms with E-state index in [0.717, 1.165) is 24.6 Å². The van der Waals surface area contributed by atoms with Crippen molar-refractivity contribution in [3.63, 3.8) is 0 Å². The Labute approximate surface area is 86.8 Å². The van der Waals surface area contributed by atoms with Crippen molar-refractivity contribution in [2.45, 2.75) is 26.2 Å². The molecule has 0 atom stereocenters. The number of nitrogens with one attached hydrogen (secondary N) is 1. The van der Waals surface area contributed by atoms with Crippen molar-refractivity contribution in [3.8, 4) is 5.75 Å². The zero-order chi connectivity index (χ0) is 10.2.